The van der Waals surface area contributed by atoms with E-state index in [2.05, 4.69) is 28.9 Å². The molecule has 0 bridgehead atoms. The molecule has 0 aliphatic carbocycles. The SMILES string of the molecule is CCCCC(C)CN=C1Nc2cc(Cl)sc2S(=O)(=O)N1. The van der Waals surface area contributed by atoms with Crippen molar-refractivity contribution in [3.63, 3.8) is 0 Å². The molecule has 1 aromatic rings. The summed E-state index contributed by atoms with van der Waals surface area (Å²) in [6, 6.07) is 1.61. The molecule has 1 aromatic heterocycles. The number of guanidine groups is 1. The fourth-order valence-electron chi connectivity index (χ4n) is 1.92. The third kappa shape index (κ3) is 3.65. The molecule has 0 aromatic carbocycles. The molecule has 1 aliphatic rings. The largest absolute Gasteiger partial charge is 0.324 e. The number of unbranched alkanes of at least 4 members (excludes halogenated alkanes) is 1. The summed E-state index contributed by atoms with van der Waals surface area (Å²) in [5.41, 5.74) is 0.499. The number of hydrogen-bond donors (Lipinski definition) is 2. The number of anilines is 1. The summed E-state index contributed by atoms with van der Waals surface area (Å²) in [6.45, 7) is 4.86. The summed E-state index contributed by atoms with van der Waals surface area (Å²) < 4.78 is 27.1. The van der Waals surface area contributed by atoms with Gasteiger partial charge in [0.25, 0.3) is 10.0 Å². The standard InChI is InChI=1S/C12H18ClN3O2S2/c1-3-4-5-8(2)7-14-12-15-9-6-10(13)19-11(9)20(17,18)16-12/h6,8H,3-5,7H2,1-2H3,(H2,14,15,16). The first-order valence-electron chi connectivity index (χ1n) is 6.56. The smallest absolute Gasteiger partial charge is 0.275 e. The predicted octanol–water partition coefficient (Wildman–Crippen LogP) is 3.29. The van der Waals surface area contributed by atoms with Crippen LogP contribution in [0.25, 0.3) is 0 Å². The second-order valence-electron chi connectivity index (χ2n) is 4.92. The van der Waals surface area contributed by atoms with E-state index in [4.69, 9.17) is 11.6 Å². The van der Waals surface area contributed by atoms with Crippen molar-refractivity contribution in [3.05, 3.63) is 10.4 Å². The summed E-state index contributed by atoms with van der Waals surface area (Å²) in [4.78, 5) is 4.32. The first-order chi connectivity index (χ1) is 9.42. The van der Waals surface area contributed by atoms with E-state index >= 15 is 0 Å². The topological polar surface area (TPSA) is 70.6 Å². The van der Waals surface area contributed by atoms with Crippen LogP contribution < -0.4 is 10.0 Å². The number of nitrogens with zero attached hydrogens (tertiary/aromatic N) is 1. The monoisotopic (exact) mass is 335 g/mol. The van der Waals surface area contributed by atoms with Crippen LogP contribution in [0, 0.1) is 5.92 Å². The summed E-state index contributed by atoms with van der Waals surface area (Å²) in [6.07, 6.45) is 3.41. The minimum absolute atomic E-state index is 0.209. The number of hydrogen-bond acceptors (Lipinski definition) is 4. The number of rotatable bonds is 5. The zero-order valence-electron chi connectivity index (χ0n) is 11.4. The van der Waals surface area contributed by atoms with Crippen LogP contribution in [0.15, 0.2) is 15.3 Å². The number of thiophene rings is 1. The Kier molecular flexibility index (Phi) is 4.93. The highest BCUT2D eigenvalue weighted by molar-refractivity contribution is 7.92. The van der Waals surface area contributed by atoms with Gasteiger partial charge in [-0.2, -0.15) is 0 Å². The van der Waals surface area contributed by atoms with Gasteiger partial charge in [0.15, 0.2) is 4.21 Å². The molecule has 1 atom stereocenters. The lowest BCUT2D eigenvalue weighted by atomic mass is 10.1. The summed E-state index contributed by atoms with van der Waals surface area (Å²) in [5, 5.41) is 2.97. The van der Waals surface area contributed by atoms with Crippen LogP contribution in [-0.2, 0) is 10.0 Å². The molecule has 5 nitrogen and oxygen atoms in total. The average molecular weight is 336 g/mol. The third-order valence-electron chi connectivity index (χ3n) is 3.01. The fourth-order valence-corrected chi connectivity index (χ4v) is 4.67. The fraction of sp³-hybridized carbons (Fsp3) is 0.583. The Labute approximate surface area is 128 Å². The lowest BCUT2D eigenvalue weighted by Crippen LogP contribution is -2.40. The number of aliphatic imine (C=N–C) groups is 1. The molecular weight excluding hydrogens is 318 g/mol. The molecular formula is C12H18ClN3O2S2. The van der Waals surface area contributed by atoms with Crippen molar-refractivity contribution in [1.29, 1.82) is 0 Å². The maximum atomic E-state index is 12.0. The Morgan fingerprint density at radius 3 is 2.95 bits per heavy atom. The Morgan fingerprint density at radius 1 is 1.50 bits per heavy atom. The highest BCUT2D eigenvalue weighted by atomic mass is 35.5. The first-order valence-corrected chi connectivity index (χ1v) is 9.23. The molecule has 0 amide bonds. The average Bonchev–Trinajstić information content (AvgIpc) is 2.75. The minimum atomic E-state index is -3.54. The second kappa shape index (κ2) is 6.32. The Morgan fingerprint density at radius 2 is 2.25 bits per heavy atom. The molecule has 20 heavy (non-hydrogen) atoms. The normalized spacial score (nSPS) is 20.1. The van der Waals surface area contributed by atoms with Crippen molar-refractivity contribution < 1.29 is 8.42 Å². The Balaban J connectivity index is 2.09. The van der Waals surface area contributed by atoms with Crippen LogP contribution in [0.5, 0.6) is 0 Å². The Hall–Kier alpha value is -0.790. The van der Waals surface area contributed by atoms with Gasteiger partial charge >= 0.3 is 0 Å². The van der Waals surface area contributed by atoms with E-state index in [1.807, 2.05) is 0 Å². The summed E-state index contributed by atoms with van der Waals surface area (Å²) in [7, 11) is -3.54. The molecule has 112 valence electrons. The van der Waals surface area contributed by atoms with Gasteiger partial charge < -0.3 is 5.32 Å². The molecule has 0 spiro atoms. The maximum absolute atomic E-state index is 12.0. The maximum Gasteiger partial charge on any atom is 0.275 e. The quantitative estimate of drug-likeness (QED) is 0.867. The lowest BCUT2D eigenvalue weighted by Gasteiger charge is -2.18. The number of fused-ring (bicyclic) bond motifs is 1. The van der Waals surface area contributed by atoms with Crippen molar-refractivity contribution in [2.45, 2.75) is 37.3 Å². The molecule has 1 unspecified atom stereocenters. The van der Waals surface area contributed by atoms with E-state index < -0.39 is 10.0 Å². The van der Waals surface area contributed by atoms with Gasteiger partial charge in [0.1, 0.15) is 0 Å². The van der Waals surface area contributed by atoms with Gasteiger partial charge in [-0.05, 0) is 18.4 Å². The number of sulfonamides is 1. The van der Waals surface area contributed by atoms with Crippen molar-refractivity contribution in [2.24, 2.45) is 10.9 Å². The molecule has 0 saturated carbocycles. The van der Waals surface area contributed by atoms with Crippen LogP contribution in [0.3, 0.4) is 0 Å². The molecule has 0 fully saturated rings. The molecule has 8 heteroatoms. The second-order valence-corrected chi connectivity index (χ2v) is 8.48. The van der Waals surface area contributed by atoms with Gasteiger partial charge in [0.2, 0.25) is 5.96 Å². The summed E-state index contributed by atoms with van der Waals surface area (Å²) >= 11 is 6.89. The van der Waals surface area contributed by atoms with E-state index in [0.29, 0.717) is 22.5 Å². The molecule has 0 radical (unpaired) electrons. The highest BCUT2D eigenvalue weighted by Crippen LogP contribution is 2.36. The van der Waals surface area contributed by atoms with E-state index in [-0.39, 0.29) is 10.2 Å². The van der Waals surface area contributed by atoms with Gasteiger partial charge in [-0.15, -0.1) is 11.3 Å². The minimum Gasteiger partial charge on any atom is -0.324 e. The van der Waals surface area contributed by atoms with E-state index in [0.717, 1.165) is 30.6 Å². The van der Waals surface area contributed by atoms with E-state index in [1.54, 1.807) is 6.07 Å². The molecule has 2 heterocycles. The molecule has 2 rings (SSSR count). The van der Waals surface area contributed by atoms with Gasteiger partial charge in [0, 0.05) is 6.54 Å². The molecule has 2 N–H and O–H groups in total. The Bertz CT molecular complexity index is 610. The van der Waals surface area contributed by atoms with Gasteiger partial charge in [-0.25, -0.2) is 13.1 Å². The summed E-state index contributed by atoms with van der Waals surface area (Å²) in [5.74, 6) is 0.705. The zero-order chi connectivity index (χ0) is 14.8. The van der Waals surface area contributed by atoms with Crippen LogP contribution in [0.1, 0.15) is 33.1 Å². The van der Waals surface area contributed by atoms with Crippen molar-refractivity contribution in [2.75, 3.05) is 11.9 Å². The highest BCUT2D eigenvalue weighted by Gasteiger charge is 2.29. The van der Waals surface area contributed by atoms with Crippen LogP contribution >= 0.6 is 22.9 Å². The van der Waals surface area contributed by atoms with Gasteiger partial charge in [-0.1, -0.05) is 38.3 Å². The van der Waals surface area contributed by atoms with Gasteiger partial charge in [-0.3, -0.25) is 4.99 Å². The zero-order valence-corrected chi connectivity index (χ0v) is 13.8. The lowest BCUT2D eigenvalue weighted by molar-refractivity contribution is 0.516. The van der Waals surface area contributed by atoms with Crippen molar-refractivity contribution in [3.8, 4) is 0 Å². The predicted molar refractivity (Wildman–Crippen MR) is 84.3 cm³/mol. The van der Waals surface area contributed by atoms with Gasteiger partial charge in [0.05, 0.1) is 10.0 Å². The third-order valence-corrected chi connectivity index (χ3v) is 6.14. The first kappa shape index (κ1) is 15.6. The molecule has 0 saturated heterocycles. The van der Waals surface area contributed by atoms with Crippen molar-refractivity contribution in [1.82, 2.24) is 4.72 Å². The van der Waals surface area contributed by atoms with Crippen LogP contribution in [-0.4, -0.2) is 20.9 Å². The van der Waals surface area contributed by atoms with E-state index in [9.17, 15) is 8.42 Å². The molecule has 1 aliphatic heterocycles. The van der Waals surface area contributed by atoms with Crippen LogP contribution in [0.4, 0.5) is 5.69 Å². The number of halogens is 1. The van der Waals surface area contributed by atoms with E-state index in [1.165, 1.54) is 0 Å². The van der Waals surface area contributed by atoms with Crippen LogP contribution in [0.2, 0.25) is 4.34 Å². The van der Waals surface area contributed by atoms with Crippen molar-refractivity contribution >= 4 is 44.6 Å². The number of nitrogens with one attached hydrogen (secondary N) is 2.